The molecule has 1 unspecified atom stereocenters. The van der Waals surface area contributed by atoms with Crippen LogP contribution in [0, 0.1) is 0 Å². The summed E-state index contributed by atoms with van der Waals surface area (Å²) in [6.07, 6.45) is 12.0. The van der Waals surface area contributed by atoms with E-state index in [1.165, 1.54) is 59.8 Å². The van der Waals surface area contributed by atoms with E-state index in [-0.39, 0.29) is 11.0 Å². The maximum Gasteiger partial charge on any atom is 0.407 e. The molecule has 2 aliphatic carbocycles. The van der Waals surface area contributed by atoms with E-state index < -0.39 is 17.7 Å². The lowest BCUT2D eigenvalue weighted by Crippen LogP contribution is -2.37. The third-order valence-corrected chi connectivity index (χ3v) is 9.49. The smallest absolute Gasteiger partial charge is 0.407 e. The Balaban J connectivity index is 1.62. The number of aromatic carboxylic acids is 1. The lowest BCUT2D eigenvalue weighted by molar-refractivity contribution is 0.0528. The number of H-pyrrole nitrogens is 1. The number of aromatic nitrogens is 2. The van der Waals surface area contributed by atoms with Gasteiger partial charge < -0.3 is 24.7 Å². The number of alkyl carbamates (subject to hydrolysis) is 1. The van der Waals surface area contributed by atoms with Gasteiger partial charge in [-0.3, -0.25) is 0 Å². The largest absolute Gasteiger partial charge is 0.478 e. The molecule has 0 saturated heterocycles. The van der Waals surface area contributed by atoms with Crippen LogP contribution < -0.4 is 15.9 Å². The zero-order valence-corrected chi connectivity index (χ0v) is 24.9. The molecule has 2 fully saturated rings. The molecule has 3 aliphatic rings. The summed E-state index contributed by atoms with van der Waals surface area (Å²) in [5.41, 5.74) is 5.51. The van der Waals surface area contributed by atoms with Crippen LogP contribution in [0.15, 0.2) is 30.5 Å². The minimum atomic E-state index is -0.939. The third kappa shape index (κ3) is 4.87. The Morgan fingerprint density at radius 1 is 1.15 bits per heavy atom. The first-order chi connectivity index (χ1) is 19.6. The highest BCUT2D eigenvalue weighted by Crippen LogP contribution is 2.48. The molecule has 3 N–H and O–H groups in total. The fourth-order valence-corrected chi connectivity index (χ4v) is 7.68. The molecule has 0 bridgehead atoms. The zero-order chi connectivity index (χ0) is 28.9. The van der Waals surface area contributed by atoms with Crippen LogP contribution in [-0.2, 0) is 10.2 Å². The van der Waals surface area contributed by atoms with Gasteiger partial charge in [0, 0.05) is 51.9 Å². The SMILES string of the molecule is CC(C)(C)OC(=O)NCCC1=c2c(C(=O)O)c[nH]c2=C2CCCCC2(C)c2cc3cccc(C4CCCCC4)c3n21. The molecule has 7 heteroatoms. The van der Waals surface area contributed by atoms with E-state index in [4.69, 9.17) is 4.74 Å². The molecule has 3 aromatic rings. The van der Waals surface area contributed by atoms with E-state index >= 15 is 0 Å². The van der Waals surface area contributed by atoms with Gasteiger partial charge in [0.1, 0.15) is 5.60 Å². The van der Waals surface area contributed by atoms with Gasteiger partial charge in [-0.15, -0.1) is 0 Å². The molecule has 0 radical (unpaired) electrons. The van der Waals surface area contributed by atoms with E-state index in [0.717, 1.165) is 41.9 Å². The van der Waals surface area contributed by atoms with Crippen LogP contribution >= 0.6 is 0 Å². The predicted molar refractivity (Wildman–Crippen MR) is 162 cm³/mol. The van der Waals surface area contributed by atoms with Crippen LogP contribution in [0.4, 0.5) is 4.79 Å². The fraction of sp³-hybridized carbons (Fsp3) is 0.529. The molecule has 6 rings (SSSR count). The second-order valence-electron chi connectivity index (χ2n) is 13.4. The first-order valence-corrected chi connectivity index (χ1v) is 15.4. The highest BCUT2D eigenvalue weighted by molar-refractivity contribution is 5.93. The van der Waals surface area contributed by atoms with Gasteiger partial charge in [0.2, 0.25) is 0 Å². The van der Waals surface area contributed by atoms with Gasteiger partial charge in [0.25, 0.3) is 0 Å². The number of nitrogens with one attached hydrogen (secondary N) is 2. The van der Waals surface area contributed by atoms with Crippen molar-refractivity contribution in [1.82, 2.24) is 14.9 Å². The average Bonchev–Trinajstić information content (AvgIpc) is 3.52. The van der Waals surface area contributed by atoms with Gasteiger partial charge in [0.15, 0.2) is 0 Å². The van der Waals surface area contributed by atoms with Crippen molar-refractivity contribution in [3.8, 4) is 0 Å². The summed E-state index contributed by atoms with van der Waals surface area (Å²) in [5, 5.41) is 16.2. The van der Waals surface area contributed by atoms with Crippen molar-refractivity contribution in [3.63, 3.8) is 0 Å². The number of hydrogen-bond acceptors (Lipinski definition) is 3. The van der Waals surface area contributed by atoms with Gasteiger partial charge in [-0.05, 0) is 76.0 Å². The summed E-state index contributed by atoms with van der Waals surface area (Å²) in [4.78, 5) is 28.7. The average molecular weight is 558 g/mol. The first-order valence-electron chi connectivity index (χ1n) is 15.4. The molecule has 1 atom stereocenters. The molecule has 1 amide bonds. The van der Waals surface area contributed by atoms with Gasteiger partial charge in [-0.25, -0.2) is 9.59 Å². The van der Waals surface area contributed by atoms with Crippen LogP contribution in [-0.4, -0.2) is 38.9 Å². The van der Waals surface area contributed by atoms with Gasteiger partial charge in [-0.1, -0.05) is 50.8 Å². The minimum absolute atomic E-state index is 0.225. The molecule has 2 aromatic heterocycles. The quantitative estimate of drug-likeness (QED) is 0.344. The van der Waals surface area contributed by atoms with Crippen LogP contribution in [0.2, 0.25) is 0 Å². The number of carbonyl (C=O) groups excluding carboxylic acids is 1. The number of carboxylic acids is 1. The van der Waals surface area contributed by atoms with Crippen molar-refractivity contribution < 1.29 is 19.4 Å². The zero-order valence-electron chi connectivity index (χ0n) is 24.9. The molecule has 0 spiro atoms. The summed E-state index contributed by atoms with van der Waals surface area (Å²) in [6.45, 7) is 8.23. The maximum absolute atomic E-state index is 12.7. The highest BCUT2D eigenvalue weighted by atomic mass is 16.6. The van der Waals surface area contributed by atoms with E-state index in [9.17, 15) is 14.7 Å². The van der Waals surface area contributed by atoms with Crippen molar-refractivity contribution in [2.24, 2.45) is 0 Å². The van der Waals surface area contributed by atoms with Gasteiger partial charge in [-0.2, -0.15) is 0 Å². The first kappa shape index (κ1) is 27.7. The molecule has 2 saturated carbocycles. The number of rotatable bonds is 5. The summed E-state index contributed by atoms with van der Waals surface area (Å²) in [5.74, 6) is -0.450. The Morgan fingerprint density at radius 2 is 1.93 bits per heavy atom. The summed E-state index contributed by atoms with van der Waals surface area (Å²) >= 11 is 0. The van der Waals surface area contributed by atoms with Crippen molar-refractivity contribution in [2.45, 2.75) is 109 Å². The molecule has 1 aromatic carbocycles. The summed E-state index contributed by atoms with van der Waals surface area (Å²) in [7, 11) is 0. The Labute approximate surface area is 241 Å². The number of para-hydroxylation sites is 1. The molecule has 3 heterocycles. The lowest BCUT2D eigenvalue weighted by atomic mass is 9.69. The number of aromatic amines is 1. The monoisotopic (exact) mass is 557 g/mol. The Morgan fingerprint density at radius 3 is 2.66 bits per heavy atom. The third-order valence-electron chi connectivity index (χ3n) is 9.49. The maximum atomic E-state index is 12.7. The number of nitrogens with zero attached hydrogens (tertiary/aromatic N) is 1. The predicted octanol–water partition coefficient (Wildman–Crippen LogP) is 6.28. The van der Waals surface area contributed by atoms with Crippen molar-refractivity contribution in [1.29, 1.82) is 0 Å². The second-order valence-corrected chi connectivity index (χ2v) is 13.4. The number of fused-ring (bicyclic) bond motifs is 6. The Kier molecular flexibility index (Phi) is 7.03. The number of carbonyl (C=O) groups is 2. The van der Waals surface area contributed by atoms with Crippen LogP contribution in [0.1, 0.15) is 119 Å². The number of hydrogen-bond donors (Lipinski definition) is 3. The number of benzene rings is 1. The highest BCUT2D eigenvalue weighted by Gasteiger charge is 2.40. The normalized spacial score (nSPS) is 21.2. The van der Waals surface area contributed by atoms with E-state index in [2.05, 4.69) is 46.1 Å². The molecule has 1 aliphatic heterocycles. The second kappa shape index (κ2) is 10.4. The fourth-order valence-electron chi connectivity index (χ4n) is 7.68. The van der Waals surface area contributed by atoms with Crippen molar-refractivity contribution in [3.05, 3.63) is 57.9 Å². The van der Waals surface area contributed by atoms with Gasteiger partial charge in [0.05, 0.1) is 11.1 Å². The minimum Gasteiger partial charge on any atom is -0.478 e. The standard InChI is InChI=1S/C34H43N3O4/c1-33(2,3)41-32(40)35-18-16-26-28-24(31(38)39)20-36-29(28)25-15-8-9-17-34(25,4)27-19-22-13-10-14-23(30(22)37(26)27)21-11-6-5-7-12-21/h10,13-14,19-21,36H,5-9,11-12,15-18H2,1-4H3,(H,35,40)(H,38,39). The van der Waals surface area contributed by atoms with E-state index in [1.54, 1.807) is 6.20 Å². The Hall–Kier alpha value is -3.48. The molecule has 41 heavy (non-hydrogen) atoms. The molecular formula is C34H43N3O4. The number of ether oxygens (including phenoxy) is 1. The van der Waals surface area contributed by atoms with Crippen LogP contribution in [0.5, 0.6) is 0 Å². The number of amides is 1. The summed E-state index contributed by atoms with van der Waals surface area (Å²) < 4.78 is 7.92. The van der Waals surface area contributed by atoms with Gasteiger partial charge >= 0.3 is 12.1 Å². The Bertz CT molecular complexity index is 1630. The molecule has 7 nitrogen and oxygen atoms in total. The summed E-state index contributed by atoms with van der Waals surface area (Å²) in [6, 6.07) is 9.05. The van der Waals surface area contributed by atoms with E-state index in [0.29, 0.717) is 18.9 Å². The van der Waals surface area contributed by atoms with Crippen molar-refractivity contribution in [2.75, 3.05) is 6.54 Å². The lowest BCUT2D eigenvalue weighted by Gasteiger charge is -2.37. The number of carboxylic acid groups (broad SMARTS) is 1. The van der Waals surface area contributed by atoms with E-state index in [1.807, 2.05) is 20.8 Å². The van der Waals surface area contributed by atoms with Crippen LogP contribution in [0.3, 0.4) is 0 Å². The van der Waals surface area contributed by atoms with Crippen LogP contribution in [0.25, 0.3) is 22.2 Å². The van der Waals surface area contributed by atoms with Crippen molar-refractivity contribution >= 4 is 34.2 Å². The molecular weight excluding hydrogens is 514 g/mol. The molecule has 218 valence electrons. The topological polar surface area (TPSA) is 96.3 Å².